The van der Waals surface area contributed by atoms with Gasteiger partial charge in [-0.1, -0.05) is 79.9 Å². The summed E-state index contributed by atoms with van der Waals surface area (Å²) in [6, 6.07) is 8.29. The van der Waals surface area contributed by atoms with Gasteiger partial charge in [-0.2, -0.15) is 12.6 Å². The molecule has 0 radical (unpaired) electrons. The standard InChI is InChI=1S/C46H65N9O15S/c47-30(40(62)52-34(25-39(60)61)43(65)54-35(27-71)45(68)69)26-50-41(63)32(23-28-13-6-4-7-14-28)53-42(64)33(24-29-15-8-5-9-16-29)51-37(57)17-10-2-1-3-11-21-48-36(56)20-19-31(44(66)67)55-46(70)49-22-12-18-38(58)59/h4-9,13-16,30-35,71H,1-3,10-12,17-27,47H2,(H,48,56)(H,50,63)(H,51,57)(H,52,62)(H,53,64)(H,54,65)(H,58,59)(H,60,61)(H,66,67)(H,68,69)(H2,49,55,70)/t30-,31-,32-,33-,34-,35-/m0/s1. The van der Waals surface area contributed by atoms with Gasteiger partial charge in [0.2, 0.25) is 35.4 Å². The second kappa shape index (κ2) is 33.3. The molecule has 25 heteroatoms. The predicted molar refractivity (Wildman–Crippen MR) is 258 cm³/mol. The minimum atomic E-state index is -1.72. The number of unbranched alkanes of at least 4 members (excludes halogenated alkanes) is 4. The van der Waals surface area contributed by atoms with Gasteiger partial charge in [0.1, 0.15) is 36.3 Å². The number of nitrogens with one attached hydrogen (secondary N) is 8. The molecule has 0 aliphatic rings. The lowest BCUT2D eigenvalue weighted by molar-refractivity contribution is -0.143. The molecule has 2 rings (SSSR count). The Balaban J connectivity index is 1.95. The van der Waals surface area contributed by atoms with Crippen molar-refractivity contribution in [3.63, 3.8) is 0 Å². The van der Waals surface area contributed by atoms with Crippen LogP contribution in [0.2, 0.25) is 0 Å². The van der Waals surface area contributed by atoms with Crippen molar-refractivity contribution in [2.75, 3.05) is 25.4 Å². The lowest BCUT2D eigenvalue weighted by atomic mass is 10.0. The van der Waals surface area contributed by atoms with Gasteiger partial charge >= 0.3 is 29.9 Å². The van der Waals surface area contributed by atoms with Crippen LogP contribution in [-0.2, 0) is 60.8 Å². The summed E-state index contributed by atoms with van der Waals surface area (Å²) in [5, 5.41) is 56.2. The van der Waals surface area contributed by atoms with Gasteiger partial charge < -0.3 is 68.7 Å². The Kier molecular flexibility index (Phi) is 28.1. The van der Waals surface area contributed by atoms with E-state index in [0.29, 0.717) is 49.8 Å². The molecule has 0 aliphatic carbocycles. The van der Waals surface area contributed by atoms with Crippen LogP contribution in [0.5, 0.6) is 0 Å². The molecule has 390 valence electrons. The Hall–Kier alpha value is -7.28. The third-order valence-corrected chi connectivity index (χ3v) is 10.9. The molecule has 2 aromatic rings. The molecule has 0 saturated heterocycles. The molecule has 0 aromatic heterocycles. The summed E-state index contributed by atoms with van der Waals surface area (Å²) in [5.74, 6) is -10.0. The predicted octanol–water partition coefficient (Wildman–Crippen LogP) is -0.802. The van der Waals surface area contributed by atoms with E-state index in [1.807, 2.05) is 0 Å². The molecule has 24 nitrogen and oxygen atoms in total. The number of amides is 8. The van der Waals surface area contributed by atoms with Crippen LogP contribution in [-0.4, -0.2) is 147 Å². The Morgan fingerprint density at radius 1 is 0.479 bits per heavy atom. The largest absolute Gasteiger partial charge is 0.481 e. The van der Waals surface area contributed by atoms with Crippen LogP contribution in [0.4, 0.5) is 4.79 Å². The quantitative estimate of drug-likeness (QED) is 0.0297. The molecule has 0 spiro atoms. The highest BCUT2D eigenvalue weighted by Crippen LogP contribution is 2.10. The van der Waals surface area contributed by atoms with Gasteiger partial charge in [-0.3, -0.25) is 38.4 Å². The molecular weight excluding hydrogens is 951 g/mol. The molecule has 2 aromatic carbocycles. The van der Waals surface area contributed by atoms with Gasteiger partial charge in [-0.15, -0.1) is 0 Å². The lowest BCUT2D eigenvalue weighted by Gasteiger charge is -2.24. The maximum absolute atomic E-state index is 14.0. The fraction of sp³-hybridized carbons (Fsp3) is 0.500. The Morgan fingerprint density at radius 3 is 1.56 bits per heavy atom. The first-order valence-electron chi connectivity index (χ1n) is 22.9. The number of rotatable bonds is 35. The van der Waals surface area contributed by atoms with Crippen molar-refractivity contribution in [2.24, 2.45) is 5.73 Å². The van der Waals surface area contributed by atoms with Gasteiger partial charge in [0.05, 0.1) is 6.42 Å². The normalized spacial score (nSPS) is 13.3. The van der Waals surface area contributed by atoms with Crippen molar-refractivity contribution in [3.05, 3.63) is 71.8 Å². The summed E-state index contributed by atoms with van der Waals surface area (Å²) in [7, 11) is 0. The van der Waals surface area contributed by atoms with E-state index in [2.05, 4.69) is 55.2 Å². The van der Waals surface area contributed by atoms with Crippen molar-refractivity contribution in [3.8, 4) is 0 Å². The molecule has 8 amide bonds. The van der Waals surface area contributed by atoms with E-state index in [9.17, 15) is 68.1 Å². The van der Waals surface area contributed by atoms with Gasteiger partial charge in [-0.05, 0) is 36.8 Å². The molecule has 0 saturated carbocycles. The first kappa shape index (κ1) is 59.8. The van der Waals surface area contributed by atoms with E-state index in [1.165, 1.54) is 0 Å². The van der Waals surface area contributed by atoms with Crippen molar-refractivity contribution >= 4 is 78.0 Å². The van der Waals surface area contributed by atoms with Crippen molar-refractivity contribution in [1.29, 1.82) is 0 Å². The minimum absolute atomic E-state index is 0.0189. The van der Waals surface area contributed by atoms with Crippen LogP contribution < -0.4 is 48.3 Å². The number of aliphatic carboxylic acids is 4. The number of carbonyl (C=O) groups excluding carboxylic acids is 7. The number of hydrogen-bond acceptors (Lipinski definition) is 13. The SMILES string of the molecule is N[C@@H](CNC(=O)[C@H](Cc1ccccc1)NC(=O)[C@H](Cc1ccccc1)NC(=O)CCCCCCCNC(=O)CC[C@H](NC(=O)NCCCC(=O)O)C(=O)O)C(=O)N[C@@H](CC(=O)O)C(=O)N[C@@H](CS)C(=O)O. The molecule has 0 bridgehead atoms. The third-order valence-electron chi connectivity index (χ3n) is 10.5. The highest BCUT2D eigenvalue weighted by Gasteiger charge is 2.31. The number of benzene rings is 2. The van der Waals surface area contributed by atoms with Crippen LogP contribution in [0.15, 0.2) is 60.7 Å². The maximum Gasteiger partial charge on any atom is 0.327 e. The van der Waals surface area contributed by atoms with Crippen molar-refractivity contribution in [1.82, 2.24) is 42.5 Å². The van der Waals surface area contributed by atoms with Gasteiger partial charge in [0.25, 0.3) is 0 Å². The number of carboxylic acid groups (broad SMARTS) is 4. The second-order valence-electron chi connectivity index (χ2n) is 16.3. The summed E-state index contributed by atoms with van der Waals surface area (Å²) in [4.78, 5) is 136. The summed E-state index contributed by atoms with van der Waals surface area (Å²) in [5.41, 5.74) is 7.38. The average molecular weight is 1020 g/mol. The Morgan fingerprint density at radius 2 is 1.00 bits per heavy atom. The van der Waals surface area contributed by atoms with Crippen LogP contribution in [0.1, 0.15) is 81.8 Å². The van der Waals surface area contributed by atoms with Gasteiger partial charge in [-0.25, -0.2) is 14.4 Å². The first-order chi connectivity index (χ1) is 33.8. The van der Waals surface area contributed by atoms with Crippen LogP contribution in [0.3, 0.4) is 0 Å². The second-order valence-corrected chi connectivity index (χ2v) is 16.7. The molecule has 0 unspecified atom stereocenters. The number of carbonyl (C=O) groups is 11. The number of hydrogen-bond donors (Lipinski definition) is 14. The highest BCUT2D eigenvalue weighted by atomic mass is 32.1. The molecule has 14 N–H and O–H groups in total. The third kappa shape index (κ3) is 25.8. The van der Waals surface area contributed by atoms with E-state index >= 15 is 0 Å². The summed E-state index contributed by atoms with van der Waals surface area (Å²) >= 11 is 3.85. The van der Waals surface area contributed by atoms with Gasteiger partial charge in [0, 0.05) is 57.5 Å². The number of urea groups is 1. The lowest BCUT2D eigenvalue weighted by Crippen LogP contribution is -2.58. The van der Waals surface area contributed by atoms with Crippen molar-refractivity contribution < 1.29 is 73.2 Å². The fourth-order valence-corrected chi connectivity index (χ4v) is 6.89. The molecule has 0 fully saturated rings. The zero-order valence-corrected chi connectivity index (χ0v) is 40.0. The van der Waals surface area contributed by atoms with E-state index in [0.717, 1.165) is 0 Å². The minimum Gasteiger partial charge on any atom is -0.481 e. The van der Waals surface area contributed by atoms with E-state index < -0.39 is 115 Å². The molecule has 0 heterocycles. The number of carboxylic acids is 4. The maximum atomic E-state index is 14.0. The molecule has 6 atom stereocenters. The number of thiol groups is 1. The first-order valence-corrected chi connectivity index (χ1v) is 23.6. The van der Waals surface area contributed by atoms with E-state index in [1.54, 1.807) is 60.7 Å². The highest BCUT2D eigenvalue weighted by molar-refractivity contribution is 7.80. The Bertz CT molecular complexity index is 2100. The monoisotopic (exact) mass is 1020 g/mol. The summed E-state index contributed by atoms with van der Waals surface area (Å²) in [6.07, 6.45) is 2.04. The molecule has 71 heavy (non-hydrogen) atoms. The van der Waals surface area contributed by atoms with Crippen LogP contribution in [0.25, 0.3) is 0 Å². The summed E-state index contributed by atoms with van der Waals surface area (Å²) in [6.45, 7) is -0.175. The number of nitrogens with two attached hydrogens (primary N) is 1. The molecular formula is C46H65N9O15S. The van der Waals surface area contributed by atoms with Gasteiger partial charge in [0.15, 0.2) is 0 Å². The van der Waals surface area contributed by atoms with Crippen LogP contribution >= 0.6 is 12.6 Å². The average Bonchev–Trinajstić information content (AvgIpc) is 3.32. The zero-order valence-electron chi connectivity index (χ0n) is 39.1. The fourth-order valence-electron chi connectivity index (χ4n) is 6.64. The molecule has 0 aliphatic heterocycles. The zero-order chi connectivity index (χ0) is 52.7. The van der Waals surface area contributed by atoms with E-state index in [4.69, 9.17) is 10.8 Å². The topological polar surface area (TPSA) is 391 Å². The van der Waals surface area contributed by atoms with Crippen LogP contribution in [0, 0.1) is 0 Å². The van der Waals surface area contributed by atoms with E-state index in [-0.39, 0.29) is 57.2 Å². The smallest absolute Gasteiger partial charge is 0.327 e. The Labute approximate surface area is 415 Å². The van der Waals surface area contributed by atoms with Crippen molar-refractivity contribution in [2.45, 2.75) is 120 Å². The summed E-state index contributed by atoms with van der Waals surface area (Å²) < 4.78 is 0.